The van der Waals surface area contributed by atoms with Gasteiger partial charge in [0, 0.05) is 11.4 Å². The van der Waals surface area contributed by atoms with Crippen molar-refractivity contribution >= 4 is 48.0 Å². The minimum Gasteiger partial charge on any atom is -0.325 e. The Labute approximate surface area is 155 Å². The Balaban J connectivity index is 0.00000264. The largest absolute Gasteiger partial charge is 0.325 e. The lowest BCUT2D eigenvalue weighted by Gasteiger charge is -2.19. The molecule has 6 nitrogen and oxygen atoms in total. The van der Waals surface area contributed by atoms with E-state index >= 15 is 0 Å². The van der Waals surface area contributed by atoms with Crippen LogP contribution in [0, 0.1) is 0 Å². The summed E-state index contributed by atoms with van der Waals surface area (Å²) in [5.74, 6) is -0.280. The zero-order valence-electron chi connectivity index (χ0n) is 13.6. The molecule has 0 aliphatic carbocycles. The fraction of sp³-hybridized carbons (Fsp3) is 0.500. The molecule has 0 atom stereocenters. The normalized spacial score (nSPS) is 14.5. The van der Waals surface area contributed by atoms with E-state index in [0.29, 0.717) is 17.9 Å². The summed E-state index contributed by atoms with van der Waals surface area (Å²) in [6.45, 7) is 2.32. The predicted molar refractivity (Wildman–Crippen MR) is 102 cm³/mol. The van der Waals surface area contributed by atoms with Gasteiger partial charge in [-0.05, 0) is 44.1 Å². The summed E-state index contributed by atoms with van der Waals surface area (Å²) < 4.78 is 0. The number of carbonyl (C=O) groups excluding carboxylic acids is 2. The van der Waals surface area contributed by atoms with Crippen molar-refractivity contribution in [1.82, 2.24) is 4.90 Å². The lowest BCUT2D eigenvalue weighted by atomic mass is 10.2. The number of nitrogens with two attached hydrogens (primary N) is 1. The van der Waals surface area contributed by atoms with Gasteiger partial charge in [0.1, 0.15) is 0 Å². The van der Waals surface area contributed by atoms with E-state index in [1.807, 2.05) is 0 Å². The number of nitrogens with zero attached hydrogens (tertiary/aromatic N) is 1. The van der Waals surface area contributed by atoms with Gasteiger partial charge in [-0.15, -0.1) is 24.8 Å². The molecule has 4 N–H and O–H groups in total. The Hall–Kier alpha value is -1.34. The lowest BCUT2D eigenvalue weighted by molar-refractivity contribution is -0.117. The molecule has 1 aliphatic heterocycles. The van der Waals surface area contributed by atoms with Crippen LogP contribution >= 0.6 is 24.8 Å². The number of carbonyl (C=O) groups is 2. The number of nitrogens with one attached hydrogen (secondary N) is 2. The van der Waals surface area contributed by atoms with Crippen LogP contribution in [0.3, 0.4) is 0 Å². The second-order valence-electron chi connectivity index (χ2n) is 5.57. The van der Waals surface area contributed by atoms with Crippen LogP contribution in [0.25, 0.3) is 0 Å². The SMILES string of the molecule is Cl.Cl.NCC(=O)Nc1cccc(NC(=O)CN2CCCCCC2)c1. The van der Waals surface area contributed by atoms with Gasteiger partial charge in [0.15, 0.2) is 0 Å². The van der Waals surface area contributed by atoms with Crippen LogP contribution in [0.1, 0.15) is 25.7 Å². The number of rotatable bonds is 5. The molecule has 1 aromatic carbocycles. The first kappa shape index (κ1) is 22.7. The van der Waals surface area contributed by atoms with Gasteiger partial charge in [0.2, 0.25) is 11.8 Å². The molecule has 0 aromatic heterocycles. The van der Waals surface area contributed by atoms with Gasteiger partial charge in [0.05, 0.1) is 13.1 Å². The maximum absolute atomic E-state index is 12.1. The Morgan fingerprint density at radius 3 is 2.04 bits per heavy atom. The van der Waals surface area contributed by atoms with Crippen molar-refractivity contribution in [3.63, 3.8) is 0 Å². The summed E-state index contributed by atoms with van der Waals surface area (Å²) >= 11 is 0. The van der Waals surface area contributed by atoms with Crippen LogP contribution in [-0.4, -0.2) is 42.9 Å². The molecular weight excluding hydrogens is 351 g/mol. The van der Waals surface area contributed by atoms with E-state index in [-0.39, 0.29) is 43.2 Å². The smallest absolute Gasteiger partial charge is 0.238 e. The molecule has 2 amide bonds. The quantitative estimate of drug-likeness (QED) is 0.735. The summed E-state index contributed by atoms with van der Waals surface area (Å²) in [4.78, 5) is 25.6. The molecule has 1 aromatic rings. The van der Waals surface area contributed by atoms with Gasteiger partial charge in [0.25, 0.3) is 0 Å². The summed E-state index contributed by atoms with van der Waals surface area (Å²) in [7, 11) is 0. The third-order valence-electron chi connectivity index (χ3n) is 3.68. The fourth-order valence-electron chi connectivity index (χ4n) is 2.58. The Bertz CT molecular complexity index is 521. The molecule has 0 radical (unpaired) electrons. The number of anilines is 2. The first-order valence-electron chi connectivity index (χ1n) is 7.79. The highest BCUT2D eigenvalue weighted by molar-refractivity contribution is 5.95. The molecule has 1 aliphatic rings. The van der Waals surface area contributed by atoms with Gasteiger partial charge in [-0.1, -0.05) is 18.9 Å². The second kappa shape index (κ2) is 12.1. The third kappa shape index (κ3) is 7.97. The maximum Gasteiger partial charge on any atom is 0.238 e. The van der Waals surface area contributed by atoms with Crippen molar-refractivity contribution in [3.8, 4) is 0 Å². The number of halogens is 2. The van der Waals surface area contributed by atoms with Crippen LogP contribution in [0.15, 0.2) is 24.3 Å². The van der Waals surface area contributed by atoms with Crippen LogP contribution in [0.4, 0.5) is 11.4 Å². The molecule has 0 saturated carbocycles. The van der Waals surface area contributed by atoms with Crippen molar-refractivity contribution in [2.75, 3.05) is 36.8 Å². The molecule has 0 unspecified atom stereocenters. The van der Waals surface area contributed by atoms with E-state index in [9.17, 15) is 9.59 Å². The Morgan fingerprint density at radius 1 is 0.958 bits per heavy atom. The summed E-state index contributed by atoms with van der Waals surface area (Å²) in [6, 6.07) is 7.08. The first-order chi connectivity index (χ1) is 10.7. The highest BCUT2D eigenvalue weighted by atomic mass is 35.5. The van der Waals surface area contributed by atoms with Crippen LogP contribution in [0.5, 0.6) is 0 Å². The standard InChI is InChI=1S/C16H24N4O2.2ClH/c17-11-15(21)18-13-6-5-7-14(10-13)19-16(22)12-20-8-3-1-2-4-9-20;;/h5-7,10H,1-4,8-9,11-12,17H2,(H,18,21)(H,19,22);2*1H. The van der Waals surface area contributed by atoms with Crippen molar-refractivity contribution in [2.45, 2.75) is 25.7 Å². The zero-order valence-corrected chi connectivity index (χ0v) is 15.3. The molecule has 1 fully saturated rings. The van der Waals surface area contributed by atoms with E-state index in [2.05, 4.69) is 15.5 Å². The molecule has 1 saturated heterocycles. The van der Waals surface area contributed by atoms with Gasteiger partial charge in [-0.2, -0.15) is 0 Å². The van der Waals surface area contributed by atoms with Crippen molar-refractivity contribution in [1.29, 1.82) is 0 Å². The van der Waals surface area contributed by atoms with Crippen LogP contribution in [-0.2, 0) is 9.59 Å². The summed E-state index contributed by atoms with van der Waals surface area (Å²) in [6.07, 6.45) is 4.82. The number of benzene rings is 1. The molecule has 24 heavy (non-hydrogen) atoms. The van der Waals surface area contributed by atoms with Crippen LogP contribution < -0.4 is 16.4 Å². The fourth-order valence-corrected chi connectivity index (χ4v) is 2.58. The monoisotopic (exact) mass is 376 g/mol. The third-order valence-corrected chi connectivity index (χ3v) is 3.68. The van der Waals surface area contributed by atoms with Gasteiger partial charge < -0.3 is 16.4 Å². The average Bonchev–Trinajstić information content (AvgIpc) is 2.76. The minimum absolute atomic E-state index is 0. The van der Waals surface area contributed by atoms with Crippen LogP contribution in [0.2, 0.25) is 0 Å². The van der Waals surface area contributed by atoms with E-state index in [0.717, 1.165) is 25.9 Å². The van der Waals surface area contributed by atoms with E-state index < -0.39 is 0 Å². The minimum atomic E-state index is -0.256. The highest BCUT2D eigenvalue weighted by Crippen LogP contribution is 2.15. The van der Waals surface area contributed by atoms with Gasteiger partial charge in [-0.3, -0.25) is 14.5 Å². The molecular formula is C16H26Cl2N4O2. The molecule has 0 bridgehead atoms. The average molecular weight is 377 g/mol. The summed E-state index contributed by atoms with van der Waals surface area (Å²) in [5, 5.41) is 5.55. The molecule has 136 valence electrons. The number of hydrogen-bond donors (Lipinski definition) is 3. The van der Waals surface area contributed by atoms with E-state index in [1.54, 1.807) is 24.3 Å². The van der Waals surface area contributed by atoms with Crippen molar-refractivity contribution < 1.29 is 9.59 Å². The highest BCUT2D eigenvalue weighted by Gasteiger charge is 2.13. The van der Waals surface area contributed by atoms with Crippen molar-refractivity contribution in [2.24, 2.45) is 5.73 Å². The predicted octanol–water partition coefficient (Wildman–Crippen LogP) is 2.24. The number of likely N-dealkylation sites (tertiary alicyclic amines) is 1. The molecule has 1 heterocycles. The summed E-state index contributed by atoms with van der Waals surface area (Å²) in [5.41, 5.74) is 6.57. The Morgan fingerprint density at radius 2 is 1.50 bits per heavy atom. The Kier molecular flexibility index (Phi) is 11.4. The van der Waals surface area contributed by atoms with Gasteiger partial charge in [-0.25, -0.2) is 0 Å². The molecule has 8 heteroatoms. The molecule has 0 spiro atoms. The van der Waals surface area contributed by atoms with E-state index in [4.69, 9.17) is 5.73 Å². The maximum atomic E-state index is 12.1. The van der Waals surface area contributed by atoms with Crippen molar-refractivity contribution in [3.05, 3.63) is 24.3 Å². The zero-order chi connectivity index (χ0) is 15.8. The number of amides is 2. The topological polar surface area (TPSA) is 87.5 Å². The second-order valence-corrected chi connectivity index (χ2v) is 5.57. The van der Waals surface area contributed by atoms with E-state index in [1.165, 1.54) is 12.8 Å². The molecule has 2 rings (SSSR count). The first-order valence-corrected chi connectivity index (χ1v) is 7.79. The lowest BCUT2D eigenvalue weighted by Crippen LogP contribution is -2.33. The van der Waals surface area contributed by atoms with Gasteiger partial charge >= 0.3 is 0 Å². The number of hydrogen-bond acceptors (Lipinski definition) is 4.